The van der Waals surface area contributed by atoms with Gasteiger partial charge < -0.3 is 5.11 Å². The number of aromatic nitrogens is 2. The van der Waals surface area contributed by atoms with Gasteiger partial charge in [-0.1, -0.05) is 18.2 Å². The van der Waals surface area contributed by atoms with Gasteiger partial charge in [-0.25, -0.2) is 9.36 Å². The predicted molar refractivity (Wildman–Crippen MR) is 109 cm³/mol. The van der Waals surface area contributed by atoms with E-state index in [-0.39, 0.29) is 11.3 Å². The zero-order chi connectivity index (χ0) is 21.3. The first-order chi connectivity index (χ1) is 13.7. The second-order valence-electron chi connectivity index (χ2n) is 6.49. The van der Waals surface area contributed by atoms with Crippen molar-refractivity contribution >= 4 is 17.6 Å². The summed E-state index contributed by atoms with van der Waals surface area (Å²) in [7, 11) is 0. The van der Waals surface area contributed by atoms with Crippen LogP contribution in [0.5, 0.6) is 5.88 Å². The molecule has 3 aromatic rings. The summed E-state index contributed by atoms with van der Waals surface area (Å²) in [5.41, 5.74) is 0.758. The number of benzene rings is 2. The van der Waals surface area contributed by atoms with E-state index in [1.165, 1.54) is 12.1 Å². The number of hydrogen-bond acceptors (Lipinski definition) is 6. The maximum atomic E-state index is 12.3. The molecule has 9 heteroatoms. The van der Waals surface area contributed by atoms with Crippen molar-refractivity contribution in [1.29, 1.82) is 0 Å². The molecule has 1 heterocycles. The largest absolute Gasteiger partial charge is 0.493 e. The van der Waals surface area contributed by atoms with Gasteiger partial charge in [-0.05, 0) is 44.0 Å². The topological polar surface area (TPSA) is 131 Å². The summed E-state index contributed by atoms with van der Waals surface area (Å²) < 4.78 is 0.992. The zero-order valence-corrected chi connectivity index (χ0v) is 16.0. The second-order valence-corrected chi connectivity index (χ2v) is 6.49. The average molecular weight is 394 g/mol. The Kier molecular flexibility index (Phi) is 5.14. The molecule has 148 valence electrons. The molecule has 2 aromatic carbocycles. The highest BCUT2D eigenvalue weighted by Gasteiger charge is 2.17. The zero-order valence-electron chi connectivity index (χ0n) is 16.0. The lowest BCUT2D eigenvalue weighted by atomic mass is 10.1. The lowest BCUT2D eigenvalue weighted by Crippen LogP contribution is -2.31. The van der Waals surface area contributed by atoms with Crippen molar-refractivity contribution in [1.82, 2.24) is 9.55 Å². The number of nitro groups is 1. The Morgan fingerprint density at radius 3 is 2.45 bits per heavy atom. The molecule has 0 saturated heterocycles. The molecule has 0 fully saturated rings. The van der Waals surface area contributed by atoms with E-state index in [9.17, 15) is 24.8 Å². The van der Waals surface area contributed by atoms with Crippen LogP contribution in [0.2, 0.25) is 0 Å². The summed E-state index contributed by atoms with van der Waals surface area (Å²) in [6.45, 7) is 5.05. The molecule has 0 aliphatic heterocycles. The molecule has 0 saturated carbocycles. The van der Waals surface area contributed by atoms with Crippen molar-refractivity contribution in [3.05, 3.63) is 89.6 Å². The van der Waals surface area contributed by atoms with Gasteiger partial charge >= 0.3 is 5.69 Å². The van der Waals surface area contributed by atoms with Gasteiger partial charge in [0.05, 0.1) is 16.3 Å². The van der Waals surface area contributed by atoms with Gasteiger partial charge in [-0.15, -0.1) is 0 Å². The monoisotopic (exact) mass is 394 g/mol. The molecule has 2 N–H and O–H groups in total. The molecule has 0 amide bonds. The van der Waals surface area contributed by atoms with E-state index in [0.717, 1.165) is 16.3 Å². The molecule has 0 unspecified atom stereocenters. The number of aromatic amines is 1. The molecule has 0 bridgehead atoms. The highest BCUT2D eigenvalue weighted by atomic mass is 16.6. The van der Waals surface area contributed by atoms with E-state index in [2.05, 4.69) is 9.98 Å². The van der Waals surface area contributed by atoms with E-state index < -0.39 is 22.1 Å². The van der Waals surface area contributed by atoms with E-state index in [1.54, 1.807) is 45.0 Å². The molecular weight excluding hydrogens is 376 g/mol. The van der Waals surface area contributed by atoms with Crippen LogP contribution in [-0.4, -0.2) is 25.8 Å². The molecule has 0 aliphatic carbocycles. The van der Waals surface area contributed by atoms with Crippen LogP contribution < -0.4 is 11.2 Å². The minimum Gasteiger partial charge on any atom is -0.493 e. The fourth-order valence-electron chi connectivity index (χ4n) is 2.96. The summed E-state index contributed by atoms with van der Waals surface area (Å²) in [6, 6.07) is 9.68. The third kappa shape index (κ3) is 3.57. The first kappa shape index (κ1) is 19.7. The van der Waals surface area contributed by atoms with Gasteiger partial charge in [0.2, 0.25) is 5.88 Å². The van der Waals surface area contributed by atoms with Crippen LogP contribution in [0.15, 0.2) is 51.0 Å². The molecule has 9 nitrogen and oxygen atoms in total. The fraction of sp³-hybridized carbons (Fsp3) is 0.150. The molecule has 0 radical (unpaired) electrons. The van der Waals surface area contributed by atoms with Crippen LogP contribution in [0.3, 0.4) is 0 Å². The van der Waals surface area contributed by atoms with Gasteiger partial charge in [-0.2, -0.15) is 0 Å². The number of H-pyrrole nitrogens is 1. The number of aromatic hydroxyl groups is 1. The Balaban J connectivity index is 2.14. The quantitative estimate of drug-likeness (QED) is 0.399. The Morgan fingerprint density at radius 1 is 1.10 bits per heavy atom. The number of aryl methyl sites for hydroxylation is 1. The Morgan fingerprint density at radius 2 is 1.79 bits per heavy atom. The summed E-state index contributed by atoms with van der Waals surface area (Å²) in [5, 5.41) is 21.7. The number of aliphatic imine (C=N–C) groups is 1. The minimum absolute atomic E-state index is 0.0322. The number of nitro benzene ring substituents is 1. The smallest absolute Gasteiger partial charge is 0.335 e. The number of hydrogen-bond donors (Lipinski definition) is 2. The number of para-hydroxylation sites is 1. The van der Waals surface area contributed by atoms with Gasteiger partial charge in [0.15, 0.2) is 0 Å². The number of nitrogens with one attached hydrogen (secondary N) is 1. The molecule has 1 aromatic heterocycles. The third-order valence-electron chi connectivity index (χ3n) is 4.74. The highest BCUT2D eigenvalue weighted by molar-refractivity contribution is 5.85. The van der Waals surface area contributed by atoms with Gasteiger partial charge in [0.1, 0.15) is 5.56 Å². The normalized spacial score (nSPS) is 11.1. The van der Waals surface area contributed by atoms with Gasteiger partial charge in [-0.3, -0.25) is 24.9 Å². The van der Waals surface area contributed by atoms with Crippen LogP contribution in [0.25, 0.3) is 5.69 Å². The predicted octanol–water partition coefficient (Wildman–Crippen LogP) is 2.82. The van der Waals surface area contributed by atoms with Crippen molar-refractivity contribution in [3.63, 3.8) is 0 Å². The third-order valence-corrected chi connectivity index (χ3v) is 4.74. The maximum Gasteiger partial charge on any atom is 0.335 e. The molecule has 0 aliphatic rings. The summed E-state index contributed by atoms with van der Waals surface area (Å²) in [5.74, 6) is -0.548. The lowest BCUT2D eigenvalue weighted by Gasteiger charge is -2.12. The van der Waals surface area contributed by atoms with Crippen LogP contribution in [0, 0.1) is 30.9 Å². The Bertz CT molecular complexity index is 1270. The van der Waals surface area contributed by atoms with E-state index in [0.29, 0.717) is 22.5 Å². The molecular formula is C20H18N4O5. The summed E-state index contributed by atoms with van der Waals surface area (Å²) in [4.78, 5) is 41.5. The molecule has 29 heavy (non-hydrogen) atoms. The van der Waals surface area contributed by atoms with Crippen LogP contribution in [-0.2, 0) is 0 Å². The maximum absolute atomic E-state index is 12.3. The van der Waals surface area contributed by atoms with E-state index in [1.807, 2.05) is 0 Å². The van der Waals surface area contributed by atoms with Gasteiger partial charge in [0.25, 0.3) is 11.2 Å². The van der Waals surface area contributed by atoms with Crippen LogP contribution >= 0.6 is 0 Å². The van der Waals surface area contributed by atoms with Crippen LogP contribution in [0.4, 0.5) is 11.4 Å². The Hall–Kier alpha value is -4.01. The molecule has 0 spiro atoms. The first-order valence-electron chi connectivity index (χ1n) is 8.65. The summed E-state index contributed by atoms with van der Waals surface area (Å²) in [6.07, 6.45) is 1.13. The van der Waals surface area contributed by atoms with E-state index >= 15 is 0 Å². The lowest BCUT2D eigenvalue weighted by molar-refractivity contribution is -0.385. The van der Waals surface area contributed by atoms with Crippen molar-refractivity contribution in [2.24, 2.45) is 4.99 Å². The minimum atomic E-state index is -0.794. The van der Waals surface area contributed by atoms with Crippen molar-refractivity contribution in [3.8, 4) is 11.6 Å². The van der Waals surface area contributed by atoms with Gasteiger partial charge in [0, 0.05) is 17.8 Å². The van der Waals surface area contributed by atoms with Crippen molar-refractivity contribution < 1.29 is 10.0 Å². The van der Waals surface area contributed by atoms with E-state index in [4.69, 9.17) is 0 Å². The molecule has 0 atom stereocenters. The van der Waals surface area contributed by atoms with Crippen molar-refractivity contribution in [2.45, 2.75) is 20.8 Å². The number of nitrogens with zero attached hydrogens (tertiary/aromatic N) is 3. The highest BCUT2D eigenvalue weighted by Crippen LogP contribution is 2.29. The number of rotatable bonds is 4. The van der Waals surface area contributed by atoms with Crippen LogP contribution in [0.1, 0.15) is 22.3 Å². The first-order valence-corrected chi connectivity index (χ1v) is 8.65. The van der Waals surface area contributed by atoms with Crippen molar-refractivity contribution in [2.75, 3.05) is 0 Å². The Labute approximate surface area is 164 Å². The standard InChI is InChI=1S/C20H18N4O5/c1-11-6-4-5-7-16(11)23-19(26)14(18(25)22-20(23)27)10-21-15-8-9-17(24(28)29)13(3)12(15)2/h4-10,26H,1-3H3,(H,22,25,27). The fourth-order valence-corrected chi connectivity index (χ4v) is 2.96. The molecule has 3 rings (SSSR count). The summed E-state index contributed by atoms with van der Waals surface area (Å²) >= 11 is 0. The average Bonchev–Trinajstić information content (AvgIpc) is 2.65. The SMILES string of the molecule is Cc1ccccc1-n1c(O)c(C=Nc2ccc([N+](=O)[O-])c(C)c2C)c(=O)[nH]c1=O. The second kappa shape index (κ2) is 7.55.